The number of aryl methyl sites for hydroxylation is 1. The summed E-state index contributed by atoms with van der Waals surface area (Å²) in [4.78, 5) is 0. The van der Waals surface area contributed by atoms with Gasteiger partial charge in [-0.05, 0) is 43.9 Å². The summed E-state index contributed by atoms with van der Waals surface area (Å²) in [6.07, 6.45) is 1.16. The van der Waals surface area contributed by atoms with E-state index < -0.39 is 0 Å². The number of anilines is 1. The van der Waals surface area contributed by atoms with E-state index in [0.717, 1.165) is 17.9 Å². The second-order valence-corrected chi connectivity index (χ2v) is 4.88. The molecule has 0 spiro atoms. The molecule has 0 heterocycles. The Kier molecular flexibility index (Phi) is 4.66. The van der Waals surface area contributed by atoms with Crippen LogP contribution in [0.15, 0.2) is 18.2 Å². The first-order valence-corrected chi connectivity index (χ1v) is 5.94. The van der Waals surface area contributed by atoms with Crippen molar-refractivity contribution in [3.63, 3.8) is 0 Å². The second kappa shape index (κ2) is 5.78. The van der Waals surface area contributed by atoms with Gasteiger partial charge in [-0.25, -0.2) is 0 Å². The van der Waals surface area contributed by atoms with Crippen LogP contribution < -0.4 is 10.1 Å². The molecule has 1 rings (SSSR count). The summed E-state index contributed by atoms with van der Waals surface area (Å²) in [5.41, 5.74) is 2.31. The van der Waals surface area contributed by atoms with E-state index in [1.807, 2.05) is 0 Å². The molecular weight excluding hydrogens is 198 g/mol. The molecule has 1 unspecified atom stereocenters. The van der Waals surface area contributed by atoms with Crippen LogP contribution >= 0.6 is 0 Å². The molecule has 1 aromatic carbocycles. The first-order valence-electron chi connectivity index (χ1n) is 5.94. The van der Waals surface area contributed by atoms with Crippen LogP contribution in [0.25, 0.3) is 0 Å². The van der Waals surface area contributed by atoms with Crippen molar-refractivity contribution in [1.82, 2.24) is 0 Å². The number of rotatable bonds is 5. The van der Waals surface area contributed by atoms with E-state index in [-0.39, 0.29) is 0 Å². The topological polar surface area (TPSA) is 21.3 Å². The molecule has 0 aliphatic heterocycles. The van der Waals surface area contributed by atoms with Gasteiger partial charge in [0.2, 0.25) is 0 Å². The SMILES string of the molecule is COc1cc(C)ccc1NC(C)CC(C)C. The molecule has 0 fully saturated rings. The van der Waals surface area contributed by atoms with Gasteiger partial charge in [-0.15, -0.1) is 0 Å². The molecule has 2 heteroatoms. The first kappa shape index (κ1) is 12.9. The summed E-state index contributed by atoms with van der Waals surface area (Å²) in [7, 11) is 1.72. The third-order valence-electron chi connectivity index (χ3n) is 2.58. The quantitative estimate of drug-likeness (QED) is 0.815. The van der Waals surface area contributed by atoms with E-state index in [2.05, 4.69) is 51.2 Å². The highest BCUT2D eigenvalue weighted by molar-refractivity contribution is 5.58. The normalized spacial score (nSPS) is 12.6. The number of ether oxygens (including phenoxy) is 1. The lowest BCUT2D eigenvalue weighted by molar-refractivity contribution is 0.415. The van der Waals surface area contributed by atoms with Crippen LogP contribution in [0.4, 0.5) is 5.69 Å². The molecule has 1 N–H and O–H groups in total. The van der Waals surface area contributed by atoms with Gasteiger partial charge < -0.3 is 10.1 Å². The molecule has 1 atom stereocenters. The van der Waals surface area contributed by atoms with Crippen molar-refractivity contribution in [2.24, 2.45) is 5.92 Å². The molecule has 0 amide bonds. The Bertz CT molecular complexity index is 334. The van der Waals surface area contributed by atoms with Gasteiger partial charge in [-0.2, -0.15) is 0 Å². The van der Waals surface area contributed by atoms with Gasteiger partial charge in [0.25, 0.3) is 0 Å². The molecule has 90 valence electrons. The molecule has 0 radical (unpaired) electrons. The zero-order valence-corrected chi connectivity index (χ0v) is 11.0. The third-order valence-corrected chi connectivity index (χ3v) is 2.58. The summed E-state index contributed by atoms with van der Waals surface area (Å²) in [6, 6.07) is 6.72. The van der Waals surface area contributed by atoms with Crippen LogP contribution in [0.2, 0.25) is 0 Å². The van der Waals surface area contributed by atoms with Crippen LogP contribution in [0, 0.1) is 12.8 Å². The highest BCUT2D eigenvalue weighted by Crippen LogP contribution is 2.26. The van der Waals surface area contributed by atoms with Gasteiger partial charge in [-0.3, -0.25) is 0 Å². The molecule has 0 saturated carbocycles. The third kappa shape index (κ3) is 3.76. The number of hydrogen-bond acceptors (Lipinski definition) is 2. The largest absolute Gasteiger partial charge is 0.495 e. The summed E-state index contributed by atoms with van der Waals surface area (Å²) < 4.78 is 5.37. The van der Waals surface area contributed by atoms with Crippen molar-refractivity contribution in [3.8, 4) is 5.75 Å². The Morgan fingerprint density at radius 2 is 1.94 bits per heavy atom. The van der Waals surface area contributed by atoms with E-state index in [1.54, 1.807) is 7.11 Å². The Morgan fingerprint density at radius 3 is 2.50 bits per heavy atom. The smallest absolute Gasteiger partial charge is 0.142 e. The zero-order valence-electron chi connectivity index (χ0n) is 11.0. The summed E-state index contributed by atoms with van der Waals surface area (Å²) >= 11 is 0. The predicted octanol–water partition coefficient (Wildman–Crippen LogP) is 3.85. The standard InChI is InChI=1S/C14H23NO/c1-10(2)8-12(4)15-13-7-6-11(3)9-14(13)16-5/h6-7,9-10,12,15H,8H2,1-5H3. The molecule has 0 saturated heterocycles. The van der Waals surface area contributed by atoms with Crippen molar-refractivity contribution in [3.05, 3.63) is 23.8 Å². The van der Waals surface area contributed by atoms with Gasteiger partial charge in [-0.1, -0.05) is 19.9 Å². The highest BCUT2D eigenvalue weighted by Gasteiger charge is 2.08. The van der Waals surface area contributed by atoms with Gasteiger partial charge >= 0.3 is 0 Å². The van der Waals surface area contributed by atoms with Crippen molar-refractivity contribution in [1.29, 1.82) is 0 Å². The maximum atomic E-state index is 5.37. The van der Waals surface area contributed by atoms with Crippen molar-refractivity contribution in [2.75, 3.05) is 12.4 Å². The summed E-state index contributed by atoms with van der Waals surface area (Å²) in [5.74, 6) is 1.63. The van der Waals surface area contributed by atoms with Crippen LogP contribution in [0.1, 0.15) is 32.8 Å². The fraction of sp³-hybridized carbons (Fsp3) is 0.571. The minimum absolute atomic E-state index is 0.469. The second-order valence-electron chi connectivity index (χ2n) is 4.88. The van der Waals surface area contributed by atoms with E-state index in [9.17, 15) is 0 Å². The van der Waals surface area contributed by atoms with E-state index in [4.69, 9.17) is 4.74 Å². The van der Waals surface area contributed by atoms with Crippen molar-refractivity contribution < 1.29 is 4.74 Å². The summed E-state index contributed by atoms with van der Waals surface area (Å²) in [5, 5.41) is 3.49. The van der Waals surface area contributed by atoms with Crippen LogP contribution in [-0.2, 0) is 0 Å². The van der Waals surface area contributed by atoms with Gasteiger partial charge in [0.05, 0.1) is 12.8 Å². The Hall–Kier alpha value is -1.18. The molecular formula is C14H23NO. The number of hydrogen-bond donors (Lipinski definition) is 1. The Morgan fingerprint density at radius 1 is 1.25 bits per heavy atom. The molecule has 0 aliphatic carbocycles. The molecule has 0 aliphatic rings. The average molecular weight is 221 g/mol. The molecule has 2 nitrogen and oxygen atoms in total. The fourth-order valence-electron chi connectivity index (χ4n) is 1.95. The fourth-order valence-corrected chi connectivity index (χ4v) is 1.95. The lowest BCUT2D eigenvalue weighted by Gasteiger charge is -2.19. The zero-order chi connectivity index (χ0) is 12.1. The lowest BCUT2D eigenvalue weighted by Crippen LogP contribution is -2.17. The van der Waals surface area contributed by atoms with E-state index in [0.29, 0.717) is 12.0 Å². The number of methoxy groups -OCH3 is 1. The highest BCUT2D eigenvalue weighted by atomic mass is 16.5. The summed E-state index contributed by atoms with van der Waals surface area (Å²) in [6.45, 7) is 8.76. The lowest BCUT2D eigenvalue weighted by atomic mass is 10.0. The average Bonchev–Trinajstić information content (AvgIpc) is 2.19. The minimum atomic E-state index is 0.469. The maximum absolute atomic E-state index is 5.37. The first-order chi connectivity index (χ1) is 7.52. The van der Waals surface area contributed by atoms with E-state index in [1.165, 1.54) is 5.56 Å². The van der Waals surface area contributed by atoms with Crippen LogP contribution in [0.3, 0.4) is 0 Å². The number of benzene rings is 1. The minimum Gasteiger partial charge on any atom is -0.495 e. The molecule has 0 bridgehead atoms. The number of nitrogens with one attached hydrogen (secondary N) is 1. The van der Waals surface area contributed by atoms with Gasteiger partial charge in [0.1, 0.15) is 5.75 Å². The van der Waals surface area contributed by atoms with Crippen molar-refractivity contribution >= 4 is 5.69 Å². The maximum Gasteiger partial charge on any atom is 0.142 e. The predicted molar refractivity (Wildman–Crippen MR) is 70.3 cm³/mol. The Balaban J connectivity index is 2.72. The molecule has 16 heavy (non-hydrogen) atoms. The molecule has 1 aromatic rings. The van der Waals surface area contributed by atoms with Crippen molar-refractivity contribution in [2.45, 2.75) is 40.2 Å². The van der Waals surface area contributed by atoms with Gasteiger partial charge in [0, 0.05) is 6.04 Å². The van der Waals surface area contributed by atoms with Crippen LogP contribution in [0.5, 0.6) is 5.75 Å². The van der Waals surface area contributed by atoms with E-state index >= 15 is 0 Å². The molecule has 0 aromatic heterocycles. The Labute approximate surface area is 99.0 Å². The van der Waals surface area contributed by atoms with Crippen LogP contribution in [-0.4, -0.2) is 13.2 Å². The monoisotopic (exact) mass is 221 g/mol. The van der Waals surface area contributed by atoms with Gasteiger partial charge in [0.15, 0.2) is 0 Å².